The number of nitrogens with one attached hydrogen (secondary N) is 2. The van der Waals surface area contributed by atoms with Crippen LogP contribution in [0.15, 0.2) is 10.6 Å². The first-order chi connectivity index (χ1) is 8.26. The van der Waals surface area contributed by atoms with Gasteiger partial charge in [0.1, 0.15) is 5.76 Å². The summed E-state index contributed by atoms with van der Waals surface area (Å²) in [7, 11) is 1.62. The predicted molar refractivity (Wildman–Crippen MR) is 62.5 cm³/mol. The van der Waals surface area contributed by atoms with E-state index in [1.54, 1.807) is 13.3 Å². The lowest BCUT2D eigenvalue weighted by Gasteiger charge is -2.04. The Morgan fingerprint density at radius 1 is 1.59 bits per heavy atom. The summed E-state index contributed by atoms with van der Waals surface area (Å²) in [6.07, 6.45) is 2.48. The molecule has 17 heavy (non-hydrogen) atoms. The number of carbonyl (C=O) groups is 1. The summed E-state index contributed by atoms with van der Waals surface area (Å²) in [6.45, 7) is 3.83. The van der Waals surface area contributed by atoms with Crippen LogP contribution in [0, 0.1) is 0 Å². The number of hydrogen-bond donors (Lipinski definition) is 2. The molecule has 0 fully saturated rings. The maximum Gasteiger partial charge on any atom is 0.234 e. The molecule has 96 valence electrons. The van der Waals surface area contributed by atoms with E-state index in [1.165, 1.54) is 0 Å². The average molecular weight is 241 g/mol. The van der Waals surface area contributed by atoms with Crippen molar-refractivity contribution < 1.29 is 13.9 Å². The number of ether oxygens (including phenoxy) is 1. The fraction of sp³-hybridized carbons (Fsp3) is 0.636. The van der Waals surface area contributed by atoms with E-state index < -0.39 is 0 Å². The van der Waals surface area contributed by atoms with Crippen LogP contribution in [-0.2, 0) is 22.5 Å². The normalized spacial score (nSPS) is 10.5. The van der Waals surface area contributed by atoms with E-state index in [2.05, 4.69) is 15.6 Å². The minimum atomic E-state index is -0.0858. The first-order valence-corrected chi connectivity index (χ1v) is 5.66. The molecule has 0 saturated heterocycles. The Balaban J connectivity index is 2.14. The van der Waals surface area contributed by atoms with Crippen LogP contribution in [0.1, 0.15) is 18.6 Å². The van der Waals surface area contributed by atoms with Crippen LogP contribution in [0.4, 0.5) is 0 Å². The number of amides is 1. The molecule has 6 heteroatoms. The third-order valence-corrected chi connectivity index (χ3v) is 2.16. The maximum absolute atomic E-state index is 11.4. The molecule has 0 aliphatic heterocycles. The molecule has 0 aliphatic rings. The van der Waals surface area contributed by atoms with Crippen molar-refractivity contribution in [2.45, 2.75) is 19.9 Å². The zero-order valence-corrected chi connectivity index (χ0v) is 10.3. The van der Waals surface area contributed by atoms with E-state index in [1.807, 2.05) is 6.92 Å². The van der Waals surface area contributed by atoms with Crippen molar-refractivity contribution in [3.63, 3.8) is 0 Å². The number of oxazole rings is 1. The number of carbonyl (C=O) groups excluding carboxylic acids is 1. The first kappa shape index (κ1) is 13.7. The van der Waals surface area contributed by atoms with Crippen LogP contribution in [0.25, 0.3) is 0 Å². The smallest absolute Gasteiger partial charge is 0.234 e. The van der Waals surface area contributed by atoms with Crippen LogP contribution in [0.3, 0.4) is 0 Å². The molecular formula is C11H19N3O3. The largest absolute Gasteiger partial charge is 0.444 e. The van der Waals surface area contributed by atoms with Gasteiger partial charge in [-0.05, 0) is 0 Å². The standard InChI is InChI=1S/C11H19N3O3/c1-3-9-6-14-11(17-9)8-13-10(15)7-12-4-5-16-2/h6,12H,3-5,7-8H2,1-2H3,(H,13,15). The Kier molecular flexibility index (Phi) is 6.27. The quantitative estimate of drug-likeness (QED) is 0.631. The highest BCUT2D eigenvalue weighted by molar-refractivity contribution is 5.77. The van der Waals surface area contributed by atoms with Gasteiger partial charge in [0, 0.05) is 20.1 Å². The van der Waals surface area contributed by atoms with Crippen molar-refractivity contribution in [3.8, 4) is 0 Å². The summed E-state index contributed by atoms with van der Waals surface area (Å²) in [5.74, 6) is 1.27. The van der Waals surface area contributed by atoms with Gasteiger partial charge in [-0.1, -0.05) is 6.92 Å². The molecule has 0 atom stereocenters. The molecule has 2 N–H and O–H groups in total. The summed E-state index contributed by atoms with van der Waals surface area (Å²) in [5, 5.41) is 5.67. The molecular weight excluding hydrogens is 222 g/mol. The van der Waals surface area contributed by atoms with E-state index in [4.69, 9.17) is 9.15 Å². The second kappa shape index (κ2) is 7.81. The molecule has 6 nitrogen and oxygen atoms in total. The van der Waals surface area contributed by atoms with Gasteiger partial charge < -0.3 is 19.8 Å². The summed E-state index contributed by atoms with van der Waals surface area (Å²) >= 11 is 0. The highest BCUT2D eigenvalue weighted by Gasteiger charge is 2.04. The Morgan fingerprint density at radius 3 is 3.06 bits per heavy atom. The Labute approximate surface area is 101 Å². The fourth-order valence-corrected chi connectivity index (χ4v) is 1.21. The van der Waals surface area contributed by atoms with Gasteiger partial charge in [0.2, 0.25) is 11.8 Å². The van der Waals surface area contributed by atoms with Crippen molar-refractivity contribution in [1.29, 1.82) is 0 Å². The lowest BCUT2D eigenvalue weighted by Crippen LogP contribution is -2.34. The van der Waals surface area contributed by atoms with Gasteiger partial charge in [0.15, 0.2) is 0 Å². The van der Waals surface area contributed by atoms with Crippen molar-refractivity contribution in [2.75, 3.05) is 26.8 Å². The van der Waals surface area contributed by atoms with Crippen LogP contribution in [-0.4, -0.2) is 37.7 Å². The zero-order chi connectivity index (χ0) is 12.5. The van der Waals surface area contributed by atoms with Gasteiger partial charge in [-0.2, -0.15) is 0 Å². The molecule has 1 amide bonds. The van der Waals surface area contributed by atoms with Crippen LogP contribution >= 0.6 is 0 Å². The lowest BCUT2D eigenvalue weighted by atomic mass is 10.4. The van der Waals surface area contributed by atoms with Crippen molar-refractivity contribution in [2.24, 2.45) is 0 Å². The number of rotatable bonds is 8. The number of aryl methyl sites for hydroxylation is 1. The predicted octanol–water partition coefficient (Wildman–Crippen LogP) is 0.0892. The second-order valence-corrected chi connectivity index (χ2v) is 3.52. The fourth-order valence-electron chi connectivity index (χ4n) is 1.21. The van der Waals surface area contributed by atoms with E-state index in [0.29, 0.717) is 25.6 Å². The lowest BCUT2D eigenvalue weighted by molar-refractivity contribution is -0.120. The summed E-state index contributed by atoms with van der Waals surface area (Å²) < 4.78 is 10.2. The minimum Gasteiger partial charge on any atom is -0.444 e. The van der Waals surface area contributed by atoms with Crippen LogP contribution in [0.2, 0.25) is 0 Å². The molecule has 0 bridgehead atoms. The van der Waals surface area contributed by atoms with E-state index in [-0.39, 0.29) is 12.5 Å². The van der Waals surface area contributed by atoms with Crippen LogP contribution < -0.4 is 10.6 Å². The summed E-state index contributed by atoms with van der Waals surface area (Å²) in [5.41, 5.74) is 0. The summed E-state index contributed by atoms with van der Waals surface area (Å²) in [6, 6.07) is 0. The molecule has 1 aromatic rings. The Bertz CT molecular complexity index is 338. The molecule has 0 aliphatic carbocycles. The van der Waals surface area contributed by atoms with Crippen LogP contribution in [0.5, 0.6) is 0 Å². The van der Waals surface area contributed by atoms with Crippen molar-refractivity contribution in [3.05, 3.63) is 17.8 Å². The molecule has 1 heterocycles. The van der Waals surface area contributed by atoms with Crippen molar-refractivity contribution >= 4 is 5.91 Å². The highest BCUT2D eigenvalue weighted by atomic mass is 16.5. The Hall–Kier alpha value is -1.40. The van der Waals surface area contributed by atoms with E-state index in [0.717, 1.165) is 12.2 Å². The topological polar surface area (TPSA) is 76.4 Å². The number of hydrogen-bond acceptors (Lipinski definition) is 5. The Morgan fingerprint density at radius 2 is 2.41 bits per heavy atom. The van der Waals surface area contributed by atoms with E-state index in [9.17, 15) is 4.79 Å². The van der Waals surface area contributed by atoms with Gasteiger partial charge >= 0.3 is 0 Å². The molecule has 0 aromatic carbocycles. The third kappa shape index (κ3) is 5.46. The molecule has 0 radical (unpaired) electrons. The molecule has 0 unspecified atom stereocenters. The molecule has 0 spiro atoms. The van der Waals surface area contributed by atoms with Crippen molar-refractivity contribution in [1.82, 2.24) is 15.6 Å². The average Bonchev–Trinajstić information content (AvgIpc) is 2.80. The second-order valence-electron chi connectivity index (χ2n) is 3.52. The third-order valence-electron chi connectivity index (χ3n) is 2.16. The summed E-state index contributed by atoms with van der Waals surface area (Å²) in [4.78, 5) is 15.4. The van der Waals surface area contributed by atoms with Gasteiger partial charge in [0.05, 0.1) is 25.9 Å². The molecule has 0 saturated carbocycles. The maximum atomic E-state index is 11.4. The SMILES string of the molecule is CCc1cnc(CNC(=O)CNCCOC)o1. The van der Waals surface area contributed by atoms with Gasteiger partial charge in [-0.25, -0.2) is 4.98 Å². The van der Waals surface area contributed by atoms with Gasteiger partial charge in [0.25, 0.3) is 0 Å². The van der Waals surface area contributed by atoms with Gasteiger partial charge in [-0.15, -0.1) is 0 Å². The molecule has 1 rings (SSSR count). The monoisotopic (exact) mass is 241 g/mol. The number of aromatic nitrogens is 1. The first-order valence-electron chi connectivity index (χ1n) is 5.66. The number of nitrogens with zero attached hydrogens (tertiary/aromatic N) is 1. The van der Waals surface area contributed by atoms with E-state index >= 15 is 0 Å². The highest BCUT2D eigenvalue weighted by Crippen LogP contribution is 2.03. The molecule has 1 aromatic heterocycles. The van der Waals surface area contributed by atoms with Gasteiger partial charge in [-0.3, -0.25) is 4.79 Å². The minimum absolute atomic E-state index is 0.0858. The number of methoxy groups -OCH3 is 1. The zero-order valence-electron chi connectivity index (χ0n) is 10.3.